The summed E-state index contributed by atoms with van der Waals surface area (Å²) >= 11 is 3.57. The third kappa shape index (κ3) is 6.85. The summed E-state index contributed by atoms with van der Waals surface area (Å²) in [6, 6.07) is 11.1. The van der Waals surface area contributed by atoms with Gasteiger partial charge in [-0.1, -0.05) is 26.8 Å². The average molecular weight is 465 g/mol. The van der Waals surface area contributed by atoms with E-state index in [0.29, 0.717) is 36.8 Å². The predicted octanol–water partition coefficient (Wildman–Crippen LogP) is 5.35. The minimum absolute atomic E-state index is 0.0895. The topological polar surface area (TPSA) is 68.8 Å². The Balaban J connectivity index is 1.75. The van der Waals surface area contributed by atoms with Gasteiger partial charge < -0.3 is 24.8 Å². The SMILES string of the molecule is COc1ccc(NC(=O)NCCCOc2ccc(C(C)(C)C)cc2Br)cc1OC. The van der Waals surface area contributed by atoms with Crippen molar-refractivity contribution in [3.63, 3.8) is 0 Å². The lowest BCUT2D eigenvalue weighted by Gasteiger charge is -2.20. The van der Waals surface area contributed by atoms with Crippen molar-refractivity contribution in [2.75, 3.05) is 32.7 Å². The van der Waals surface area contributed by atoms with Crippen LogP contribution >= 0.6 is 15.9 Å². The van der Waals surface area contributed by atoms with E-state index in [1.807, 2.05) is 6.07 Å². The number of carbonyl (C=O) groups is 1. The van der Waals surface area contributed by atoms with Gasteiger partial charge in [-0.2, -0.15) is 0 Å². The summed E-state index contributed by atoms with van der Waals surface area (Å²) in [6.45, 7) is 7.52. The maximum atomic E-state index is 12.0. The van der Waals surface area contributed by atoms with Crippen molar-refractivity contribution in [3.05, 3.63) is 46.4 Å². The number of carbonyl (C=O) groups excluding carboxylic acids is 1. The molecule has 0 aliphatic heterocycles. The van der Waals surface area contributed by atoms with Crippen LogP contribution in [0, 0.1) is 0 Å². The molecule has 2 N–H and O–H groups in total. The maximum Gasteiger partial charge on any atom is 0.319 e. The average Bonchev–Trinajstić information content (AvgIpc) is 2.67. The highest BCUT2D eigenvalue weighted by Gasteiger charge is 2.15. The van der Waals surface area contributed by atoms with Crippen molar-refractivity contribution in [1.82, 2.24) is 5.32 Å². The number of urea groups is 1. The molecule has 0 bridgehead atoms. The first kappa shape index (κ1) is 22.9. The van der Waals surface area contributed by atoms with Gasteiger partial charge in [-0.3, -0.25) is 0 Å². The van der Waals surface area contributed by atoms with Crippen LogP contribution in [0.1, 0.15) is 32.8 Å². The third-order valence-corrected chi connectivity index (χ3v) is 4.92. The van der Waals surface area contributed by atoms with E-state index in [-0.39, 0.29) is 11.4 Å². The predicted molar refractivity (Wildman–Crippen MR) is 120 cm³/mol. The lowest BCUT2D eigenvalue weighted by Crippen LogP contribution is -2.30. The number of halogens is 1. The van der Waals surface area contributed by atoms with Gasteiger partial charge in [0.05, 0.1) is 25.3 Å². The summed E-state index contributed by atoms with van der Waals surface area (Å²) in [6.07, 6.45) is 0.687. The molecule has 0 spiro atoms. The Kier molecular flexibility index (Phi) is 8.20. The smallest absolute Gasteiger partial charge is 0.319 e. The zero-order valence-corrected chi connectivity index (χ0v) is 19.2. The first-order valence-corrected chi connectivity index (χ1v) is 10.2. The highest BCUT2D eigenvalue weighted by atomic mass is 79.9. The largest absolute Gasteiger partial charge is 0.493 e. The van der Waals surface area contributed by atoms with Crippen LogP contribution in [0.5, 0.6) is 17.2 Å². The van der Waals surface area contributed by atoms with Gasteiger partial charge in [0.2, 0.25) is 0 Å². The van der Waals surface area contributed by atoms with Crippen molar-refractivity contribution in [1.29, 1.82) is 0 Å². The number of rotatable bonds is 8. The number of amides is 2. The first-order chi connectivity index (χ1) is 13.7. The molecule has 0 fully saturated rings. The molecule has 0 saturated heterocycles. The van der Waals surface area contributed by atoms with Gasteiger partial charge in [0.25, 0.3) is 0 Å². The second kappa shape index (κ2) is 10.4. The molecule has 0 saturated carbocycles. The Morgan fingerprint density at radius 2 is 1.69 bits per heavy atom. The molecule has 2 amide bonds. The minimum Gasteiger partial charge on any atom is -0.493 e. The molecule has 158 valence electrons. The van der Waals surface area contributed by atoms with Crippen LogP contribution in [0.3, 0.4) is 0 Å². The summed E-state index contributed by atoms with van der Waals surface area (Å²) in [4.78, 5) is 12.0. The Morgan fingerprint density at radius 3 is 2.31 bits per heavy atom. The highest BCUT2D eigenvalue weighted by molar-refractivity contribution is 9.10. The standard InChI is InChI=1S/C22H29BrN2O4/c1-22(2,3)15-7-9-18(17(23)13-15)29-12-6-11-24-21(26)25-16-8-10-19(27-4)20(14-16)28-5/h7-10,13-14H,6,11-12H2,1-5H3,(H2,24,25,26). The Labute approximate surface area is 181 Å². The molecule has 0 radical (unpaired) electrons. The summed E-state index contributed by atoms with van der Waals surface area (Å²) in [5.41, 5.74) is 1.95. The second-order valence-electron chi connectivity index (χ2n) is 7.55. The van der Waals surface area contributed by atoms with Crippen LogP contribution in [-0.4, -0.2) is 33.4 Å². The molecular weight excluding hydrogens is 436 g/mol. The van der Waals surface area contributed by atoms with E-state index in [0.717, 1.165) is 10.2 Å². The quantitative estimate of drug-likeness (QED) is 0.516. The molecule has 6 nitrogen and oxygen atoms in total. The molecule has 0 aliphatic carbocycles. The van der Waals surface area contributed by atoms with Gasteiger partial charge in [-0.25, -0.2) is 4.79 Å². The molecular formula is C22H29BrN2O4. The molecule has 29 heavy (non-hydrogen) atoms. The van der Waals surface area contributed by atoms with Gasteiger partial charge >= 0.3 is 6.03 Å². The van der Waals surface area contributed by atoms with E-state index in [2.05, 4.69) is 59.5 Å². The molecule has 0 aromatic heterocycles. The first-order valence-electron chi connectivity index (χ1n) is 9.44. The van der Waals surface area contributed by atoms with E-state index in [4.69, 9.17) is 14.2 Å². The Morgan fingerprint density at radius 1 is 1.00 bits per heavy atom. The van der Waals surface area contributed by atoms with Crippen LogP contribution in [-0.2, 0) is 5.41 Å². The summed E-state index contributed by atoms with van der Waals surface area (Å²) in [5.74, 6) is 1.96. The van der Waals surface area contributed by atoms with Crippen molar-refractivity contribution < 1.29 is 19.0 Å². The normalized spacial score (nSPS) is 11.0. The van der Waals surface area contributed by atoms with Crippen LogP contribution in [0.2, 0.25) is 0 Å². The van der Waals surface area contributed by atoms with E-state index >= 15 is 0 Å². The summed E-state index contributed by atoms with van der Waals surface area (Å²) in [5, 5.41) is 5.59. The number of benzene rings is 2. The van der Waals surface area contributed by atoms with E-state index in [9.17, 15) is 4.79 Å². The molecule has 7 heteroatoms. The van der Waals surface area contributed by atoms with Crippen LogP contribution < -0.4 is 24.8 Å². The molecule has 2 aromatic carbocycles. The fourth-order valence-electron chi connectivity index (χ4n) is 2.63. The lowest BCUT2D eigenvalue weighted by atomic mass is 9.87. The third-order valence-electron chi connectivity index (χ3n) is 4.30. The number of anilines is 1. The molecule has 0 heterocycles. The van der Waals surface area contributed by atoms with Gasteiger partial charge in [-0.15, -0.1) is 0 Å². The lowest BCUT2D eigenvalue weighted by molar-refractivity contribution is 0.250. The van der Waals surface area contributed by atoms with Crippen molar-refractivity contribution >= 4 is 27.6 Å². The number of nitrogens with one attached hydrogen (secondary N) is 2. The summed E-state index contributed by atoms with van der Waals surface area (Å²) < 4.78 is 17.2. The van der Waals surface area contributed by atoms with E-state index < -0.39 is 0 Å². The minimum atomic E-state index is -0.284. The molecule has 0 aliphatic rings. The van der Waals surface area contributed by atoms with Gasteiger partial charge in [0.15, 0.2) is 11.5 Å². The second-order valence-corrected chi connectivity index (χ2v) is 8.40. The number of ether oxygens (including phenoxy) is 3. The van der Waals surface area contributed by atoms with Crippen LogP contribution in [0.4, 0.5) is 10.5 Å². The number of hydrogen-bond acceptors (Lipinski definition) is 4. The zero-order chi connectivity index (χ0) is 21.4. The van der Waals surface area contributed by atoms with Crippen molar-refractivity contribution in [3.8, 4) is 17.2 Å². The molecule has 2 aromatic rings. The Bertz CT molecular complexity index is 834. The number of methoxy groups -OCH3 is 2. The van der Waals surface area contributed by atoms with E-state index in [1.165, 1.54) is 5.56 Å². The van der Waals surface area contributed by atoms with Crippen molar-refractivity contribution in [2.45, 2.75) is 32.6 Å². The molecule has 2 rings (SSSR count). The fraction of sp³-hybridized carbons (Fsp3) is 0.409. The molecule has 0 atom stereocenters. The highest BCUT2D eigenvalue weighted by Crippen LogP contribution is 2.31. The van der Waals surface area contributed by atoms with Gasteiger partial charge in [-0.05, 0) is 57.6 Å². The Hall–Kier alpha value is -2.41. The number of hydrogen-bond donors (Lipinski definition) is 2. The monoisotopic (exact) mass is 464 g/mol. The van der Waals surface area contributed by atoms with E-state index in [1.54, 1.807) is 32.4 Å². The van der Waals surface area contributed by atoms with Crippen molar-refractivity contribution in [2.24, 2.45) is 0 Å². The van der Waals surface area contributed by atoms with Gasteiger partial charge in [0.1, 0.15) is 5.75 Å². The van der Waals surface area contributed by atoms with Crippen LogP contribution in [0.25, 0.3) is 0 Å². The van der Waals surface area contributed by atoms with Gasteiger partial charge in [0, 0.05) is 18.3 Å². The van der Waals surface area contributed by atoms with Crippen LogP contribution in [0.15, 0.2) is 40.9 Å². The fourth-order valence-corrected chi connectivity index (χ4v) is 3.12. The molecule has 0 unspecified atom stereocenters. The zero-order valence-electron chi connectivity index (χ0n) is 17.6. The maximum absolute atomic E-state index is 12.0. The summed E-state index contributed by atoms with van der Waals surface area (Å²) in [7, 11) is 3.12.